The van der Waals surface area contributed by atoms with Gasteiger partial charge in [0.05, 0.1) is 31.3 Å². The molecule has 2 atom stereocenters. The van der Waals surface area contributed by atoms with Crippen molar-refractivity contribution in [2.75, 3.05) is 64.5 Å². The number of aliphatic hydroxyl groups is 1. The van der Waals surface area contributed by atoms with Crippen LogP contribution in [0.3, 0.4) is 0 Å². The summed E-state index contributed by atoms with van der Waals surface area (Å²) in [4.78, 5) is 23.1. The quantitative estimate of drug-likeness (QED) is 0.705. The number of carbonyl (C=O) groups excluding carboxylic acids is 1. The van der Waals surface area contributed by atoms with E-state index in [1.807, 2.05) is 0 Å². The Kier molecular flexibility index (Phi) is 7.32. The average molecular weight is 483 g/mol. The van der Waals surface area contributed by atoms with E-state index < -0.39 is 11.7 Å². The summed E-state index contributed by atoms with van der Waals surface area (Å²) in [6.45, 7) is 3.12. The van der Waals surface area contributed by atoms with Crippen molar-refractivity contribution in [2.45, 2.75) is 24.4 Å². The third kappa shape index (κ3) is 5.47. The monoisotopic (exact) mass is 482 g/mol. The van der Waals surface area contributed by atoms with E-state index in [-0.39, 0.29) is 24.5 Å². The number of hydrogen-bond acceptors (Lipinski definition) is 6. The summed E-state index contributed by atoms with van der Waals surface area (Å²) >= 11 is 0. The maximum atomic E-state index is 13.3. The van der Waals surface area contributed by atoms with Gasteiger partial charge in [0, 0.05) is 45.7 Å². The molecule has 1 N–H and O–H groups in total. The van der Waals surface area contributed by atoms with Crippen LogP contribution in [0.4, 0.5) is 23.8 Å². The predicted octanol–water partition coefficient (Wildman–Crippen LogP) is 3.15. The smallest absolute Gasteiger partial charge is 0.416 e. The molecule has 2 fully saturated rings. The van der Waals surface area contributed by atoms with Crippen molar-refractivity contribution in [3.8, 4) is 0 Å². The Hall–Kier alpha value is -2.79. The number of rotatable bonds is 5. The fraction of sp³-hybridized carbons (Fsp3) is 0.565. The molecule has 2 aromatic rings. The number of halogens is 3. The van der Waals surface area contributed by atoms with Gasteiger partial charge in [-0.25, -0.2) is 4.79 Å². The topological polar surface area (TPSA) is 82.3 Å². The van der Waals surface area contributed by atoms with E-state index in [4.69, 9.17) is 9.15 Å². The SMILES string of the molecule is CN(CCO)c1coc(C2CC(c3ccc(C(F)(F)F)cc3)CN(C(=O)N3CCOCC3)C2)n1. The molecule has 1 aromatic carbocycles. The summed E-state index contributed by atoms with van der Waals surface area (Å²) in [5, 5.41) is 9.18. The number of morpholine rings is 1. The molecule has 2 aliphatic heterocycles. The minimum atomic E-state index is -4.40. The number of amides is 2. The number of ether oxygens (including phenoxy) is 1. The van der Waals surface area contributed by atoms with Gasteiger partial charge in [-0.3, -0.25) is 0 Å². The highest BCUT2D eigenvalue weighted by molar-refractivity contribution is 5.75. The van der Waals surface area contributed by atoms with Crippen LogP contribution in [0.25, 0.3) is 0 Å². The van der Waals surface area contributed by atoms with Crippen LogP contribution in [-0.2, 0) is 10.9 Å². The van der Waals surface area contributed by atoms with Crippen LogP contribution in [0, 0.1) is 0 Å². The van der Waals surface area contributed by atoms with E-state index >= 15 is 0 Å². The molecule has 1 aromatic heterocycles. The summed E-state index contributed by atoms with van der Waals surface area (Å²) in [7, 11) is 1.79. The molecule has 4 rings (SSSR count). The van der Waals surface area contributed by atoms with Crippen molar-refractivity contribution < 1.29 is 32.2 Å². The van der Waals surface area contributed by atoms with E-state index in [0.29, 0.717) is 64.1 Å². The average Bonchev–Trinajstić information content (AvgIpc) is 3.34. The van der Waals surface area contributed by atoms with Crippen LogP contribution in [0.15, 0.2) is 34.9 Å². The van der Waals surface area contributed by atoms with Gasteiger partial charge in [0.1, 0.15) is 6.26 Å². The molecule has 11 heteroatoms. The molecule has 2 aliphatic rings. The minimum Gasteiger partial charge on any atom is -0.446 e. The number of aliphatic hydroxyl groups excluding tert-OH is 1. The van der Waals surface area contributed by atoms with E-state index in [2.05, 4.69) is 4.98 Å². The lowest BCUT2D eigenvalue weighted by molar-refractivity contribution is -0.137. The highest BCUT2D eigenvalue weighted by atomic mass is 19.4. The first-order valence-electron chi connectivity index (χ1n) is 11.3. The summed E-state index contributed by atoms with van der Waals surface area (Å²) in [5.74, 6) is 0.654. The third-order valence-electron chi connectivity index (χ3n) is 6.40. The van der Waals surface area contributed by atoms with Gasteiger partial charge in [0.2, 0.25) is 5.89 Å². The molecular weight excluding hydrogens is 453 g/mol. The maximum Gasteiger partial charge on any atom is 0.416 e. The zero-order valence-electron chi connectivity index (χ0n) is 19.0. The van der Waals surface area contributed by atoms with Crippen LogP contribution < -0.4 is 4.90 Å². The summed E-state index contributed by atoms with van der Waals surface area (Å²) < 4.78 is 50.2. The van der Waals surface area contributed by atoms with Crippen molar-refractivity contribution in [1.82, 2.24) is 14.8 Å². The number of alkyl halides is 3. The lowest BCUT2D eigenvalue weighted by Crippen LogP contribution is -2.52. The molecule has 0 radical (unpaired) electrons. The van der Waals surface area contributed by atoms with Crippen LogP contribution in [-0.4, -0.2) is 85.5 Å². The van der Waals surface area contributed by atoms with E-state index in [1.54, 1.807) is 21.7 Å². The molecule has 2 amide bonds. The molecule has 186 valence electrons. The van der Waals surface area contributed by atoms with E-state index in [1.165, 1.54) is 18.4 Å². The van der Waals surface area contributed by atoms with Crippen LogP contribution in [0.5, 0.6) is 0 Å². The second-order valence-corrected chi connectivity index (χ2v) is 8.73. The van der Waals surface area contributed by atoms with Gasteiger partial charge in [-0.1, -0.05) is 12.1 Å². The normalized spacial score (nSPS) is 21.6. The highest BCUT2D eigenvalue weighted by Gasteiger charge is 2.37. The van der Waals surface area contributed by atoms with Gasteiger partial charge in [0.25, 0.3) is 0 Å². The third-order valence-corrected chi connectivity index (χ3v) is 6.40. The molecule has 34 heavy (non-hydrogen) atoms. The van der Waals surface area contributed by atoms with Gasteiger partial charge in [0.15, 0.2) is 5.82 Å². The second-order valence-electron chi connectivity index (χ2n) is 8.73. The molecule has 0 saturated carbocycles. The van der Waals surface area contributed by atoms with Crippen molar-refractivity contribution in [3.63, 3.8) is 0 Å². The van der Waals surface area contributed by atoms with Gasteiger partial charge in [-0.15, -0.1) is 0 Å². The number of likely N-dealkylation sites (tertiary alicyclic amines) is 1. The number of benzene rings is 1. The molecule has 3 heterocycles. The van der Waals surface area contributed by atoms with Crippen LogP contribution in [0.2, 0.25) is 0 Å². The Bertz CT molecular complexity index is 960. The number of aromatic nitrogens is 1. The lowest BCUT2D eigenvalue weighted by atomic mass is 9.84. The number of urea groups is 1. The minimum absolute atomic E-state index is 0.0278. The van der Waals surface area contributed by atoms with Gasteiger partial charge < -0.3 is 29.0 Å². The summed E-state index contributed by atoms with van der Waals surface area (Å²) in [6.07, 6.45) is -2.30. The van der Waals surface area contributed by atoms with Crippen molar-refractivity contribution in [3.05, 3.63) is 47.5 Å². The lowest BCUT2D eigenvalue weighted by Gasteiger charge is -2.40. The molecule has 0 bridgehead atoms. The Morgan fingerprint density at radius 2 is 1.82 bits per heavy atom. The number of hydrogen-bond donors (Lipinski definition) is 1. The first-order valence-corrected chi connectivity index (χ1v) is 11.3. The van der Waals surface area contributed by atoms with Crippen molar-refractivity contribution in [1.29, 1.82) is 0 Å². The number of anilines is 1. The molecular formula is C23H29F3N4O4. The largest absolute Gasteiger partial charge is 0.446 e. The van der Waals surface area contributed by atoms with Crippen molar-refractivity contribution in [2.24, 2.45) is 0 Å². The molecule has 8 nitrogen and oxygen atoms in total. The zero-order chi connectivity index (χ0) is 24.3. The number of carbonyl (C=O) groups is 1. The first-order chi connectivity index (χ1) is 16.3. The number of piperidine rings is 1. The molecule has 2 saturated heterocycles. The fourth-order valence-corrected chi connectivity index (χ4v) is 4.48. The van der Waals surface area contributed by atoms with Crippen LogP contribution >= 0.6 is 0 Å². The van der Waals surface area contributed by atoms with Crippen LogP contribution in [0.1, 0.15) is 35.3 Å². The second kappa shape index (κ2) is 10.2. The Morgan fingerprint density at radius 3 is 2.47 bits per heavy atom. The zero-order valence-corrected chi connectivity index (χ0v) is 19.0. The molecule has 2 unspecified atom stereocenters. The number of likely N-dealkylation sites (N-methyl/N-ethyl adjacent to an activating group) is 1. The highest BCUT2D eigenvalue weighted by Crippen LogP contribution is 2.38. The van der Waals surface area contributed by atoms with Gasteiger partial charge >= 0.3 is 12.2 Å². The number of nitrogens with zero attached hydrogens (tertiary/aromatic N) is 4. The van der Waals surface area contributed by atoms with E-state index in [9.17, 15) is 23.1 Å². The number of oxazole rings is 1. The maximum absolute atomic E-state index is 13.3. The predicted molar refractivity (Wildman–Crippen MR) is 118 cm³/mol. The molecule has 0 aliphatic carbocycles. The summed E-state index contributed by atoms with van der Waals surface area (Å²) in [6, 6.07) is 5.03. The Labute approximate surface area is 195 Å². The Balaban J connectivity index is 1.58. The van der Waals surface area contributed by atoms with Gasteiger partial charge in [-0.2, -0.15) is 18.2 Å². The Morgan fingerprint density at radius 1 is 1.15 bits per heavy atom. The standard InChI is InChI=1S/C23H29F3N4O4/c1-28(6-9-31)20-15-34-21(27-20)18-12-17(16-2-4-19(5-3-16)23(24,25)26)13-30(14-18)22(32)29-7-10-33-11-8-29/h2-5,15,17-18,31H,6-14H2,1H3. The fourth-order valence-electron chi connectivity index (χ4n) is 4.48. The van der Waals surface area contributed by atoms with Crippen molar-refractivity contribution >= 4 is 11.8 Å². The van der Waals surface area contributed by atoms with Gasteiger partial charge in [-0.05, 0) is 24.1 Å². The first kappa shape index (κ1) is 24.3. The molecule has 0 spiro atoms. The van der Waals surface area contributed by atoms with E-state index in [0.717, 1.165) is 17.7 Å². The summed E-state index contributed by atoms with van der Waals surface area (Å²) in [5.41, 5.74) is 0.0378.